The molecular weight excluding hydrogens is 266 g/mol. The number of nitrogens with two attached hydrogens (primary N) is 1. The van der Waals surface area contributed by atoms with Crippen molar-refractivity contribution in [3.8, 4) is 17.2 Å². The van der Waals surface area contributed by atoms with Gasteiger partial charge in [0.2, 0.25) is 0 Å². The molecule has 1 atom stereocenters. The monoisotopic (exact) mass is 287 g/mol. The van der Waals surface area contributed by atoms with Crippen LogP contribution in [0.3, 0.4) is 0 Å². The molecule has 0 fully saturated rings. The summed E-state index contributed by atoms with van der Waals surface area (Å²) in [7, 11) is 1.58. The van der Waals surface area contributed by atoms with Gasteiger partial charge in [-0.25, -0.2) is 0 Å². The van der Waals surface area contributed by atoms with Gasteiger partial charge in [-0.05, 0) is 41.8 Å². The van der Waals surface area contributed by atoms with Crippen LogP contribution in [0.5, 0.6) is 17.2 Å². The van der Waals surface area contributed by atoms with E-state index in [1.807, 2.05) is 24.3 Å². The highest BCUT2D eigenvalue weighted by Gasteiger charge is 2.09. The summed E-state index contributed by atoms with van der Waals surface area (Å²) in [6.45, 7) is 2.02. The Labute approximate surface area is 125 Å². The third kappa shape index (κ3) is 3.74. The van der Waals surface area contributed by atoms with Gasteiger partial charge in [0.15, 0.2) is 11.5 Å². The van der Waals surface area contributed by atoms with Crippen molar-refractivity contribution in [3.05, 3.63) is 53.6 Å². The summed E-state index contributed by atoms with van der Waals surface area (Å²) in [4.78, 5) is 0. The summed E-state index contributed by atoms with van der Waals surface area (Å²) >= 11 is 0. The predicted octanol–water partition coefficient (Wildman–Crippen LogP) is 3.39. The van der Waals surface area contributed by atoms with Crippen molar-refractivity contribution in [2.75, 3.05) is 7.11 Å². The molecule has 112 valence electrons. The summed E-state index contributed by atoms with van der Waals surface area (Å²) in [5.41, 5.74) is 7.86. The normalized spacial score (nSPS) is 12.0. The van der Waals surface area contributed by atoms with Crippen LogP contribution in [-0.4, -0.2) is 12.2 Å². The van der Waals surface area contributed by atoms with E-state index in [1.165, 1.54) is 0 Å². The van der Waals surface area contributed by atoms with Crippen LogP contribution in [0.1, 0.15) is 30.5 Å². The Kier molecular flexibility index (Phi) is 5.20. The van der Waals surface area contributed by atoms with E-state index in [9.17, 15) is 0 Å². The minimum Gasteiger partial charge on any atom is -0.493 e. The molecule has 3 N–H and O–H groups in total. The molecule has 2 aromatic rings. The number of methoxy groups -OCH3 is 1. The van der Waals surface area contributed by atoms with E-state index in [1.54, 1.807) is 25.3 Å². The Morgan fingerprint density at radius 1 is 1.14 bits per heavy atom. The standard InChI is InChI=1S/C17H21NO3/c1-3-15(18)13-5-4-6-14(10-13)21-16-8-7-12(11-19)9-17(16)20-2/h4-10,15,19H,3,11,18H2,1-2H3. The SMILES string of the molecule is CCC(N)c1cccc(Oc2ccc(CO)cc2OC)c1. The first-order valence-electron chi connectivity index (χ1n) is 6.99. The number of hydrogen-bond donors (Lipinski definition) is 2. The van der Waals surface area contributed by atoms with E-state index < -0.39 is 0 Å². The lowest BCUT2D eigenvalue weighted by atomic mass is 10.1. The van der Waals surface area contributed by atoms with Crippen LogP contribution in [0.15, 0.2) is 42.5 Å². The molecular formula is C17H21NO3. The Hall–Kier alpha value is -2.04. The van der Waals surface area contributed by atoms with Crippen molar-refractivity contribution < 1.29 is 14.6 Å². The summed E-state index contributed by atoms with van der Waals surface area (Å²) in [6, 6.07) is 13.1. The maximum absolute atomic E-state index is 9.15. The molecule has 0 heterocycles. The first kappa shape index (κ1) is 15.4. The Morgan fingerprint density at radius 2 is 1.95 bits per heavy atom. The van der Waals surface area contributed by atoms with Crippen LogP contribution in [-0.2, 0) is 6.61 Å². The number of hydrogen-bond acceptors (Lipinski definition) is 4. The van der Waals surface area contributed by atoms with Gasteiger partial charge in [0.1, 0.15) is 5.75 Å². The molecule has 0 aliphatic heterocycles. The third-order valence-electron chi connectivity index (χ3n) is 3.36. The molecule has 4 heteroatoms. The lowest BCUT2D eigenvalue weighted by molar-refractivity contribution is 0.280. The fraction of sp³-hybridized carbons (Fsp3) is 0.294. The molecule has 0 aliphatic carbocycles. The average molecular weight is 287 g/mol. The number of ether oxygens (including phenoxy) is 2. The zero-order valence-electron chi connectivity index (χ0n) is 12.4. The van der Waals surface area contributed by atoms with Crippen molar-refractivity contribution in [1.29, 1.82) is 0 Å². The van der Waals surface area contributed by atoms with Crippen LogP contribution >= 0.6 is 0 Å². The van der Waals surface area contributed by atoms with Gasteiger partial charge in [-0.15, -0.1) is 0 Å². The van der Waals surface area contributed by atoms with Gasteiger partial charge in [0.25, 0.3) is 0 Å². The highest BCUT2D eigenvalue weighted by molar-refractivity contribution is 5.45. The molecule has 0 bridgehead atoms. The summed E-state index contributed by atoms with van der Waals surface area (Å²) < 4.78 is 11.2. The van der Waals surface area contributed by atoms with Gasteiger partial charge in [0, 0.05) is 6.04 Å². The van der Waals surface area contributed by atoms with Gasteiger partial charge in [-0.2, -0.15) is 0 Å². The molecule has 0 aromatic heterocycles. The summed E-state index contributed by atoms with van der Waals surface area (Å²) in [5, 5.41) is 9.15. The van der Waals surface area contributed by atoms with Crippen molar-refractivity contribution in [3.63, 3.8) is 0 Å². The average Bonchev–Trinajstić information content (AvgIpc) is 2.54. The fourth-order valence-electron chi connectivity index (χ4n) is 2.07. The molecule has 0 amide bonds. The lowest BCUT2D eigenvalue weighted by Gasteiger charge is -2.14. The van der Waals surface area contributed by atoms with E-state index in [0.29, 0.717) is 17.2 Å². The molecule has 0 spiro atoms. The molecule has 0 saturated heterocycles. The summed E-state index contributed by atoms with van der Waals surface area (Å²) in [6.07, 6.45) is 0.873. The van der Waals surface area contributed by atoms with Crippen LogP contribution in [0, 0.1) is 0 Å². The molecule has 1 unspecified atom stereocenters. The Bertz CT molecular complexity index is 598. The quantitative estimate of drug-likeness (QED) is 0.854. The second kappa shape index (κ2) is 7.11. The van der Waals surface area contributed by atoms with E-state index in [-0.39, 0.29) is 12.6 Å². The Morgan fingerprint density at radius 3 is 2.62 bits per heavy atom. The topological polar surface area (TPSA) is 64.7 Å². The largest absolute Gasteiger partial charge is 0.493 e. The number of aliphatic hydroxyl groups is 1. The number of benzene rings is 2. The van der Waals surface area contributed by atoms with Crippen LogP contribution < -0.4 is 15.2 Å². The minimum absolute atomic E-state index is 0.00668. The molecule has 4 nitrogen and oxygen atoms in total. The van der Waals surface area contributed by atoms with Crippen molar-refractivity contribution in [2.45, 2.75) is 26.0 Å². The maximum atomic E-state index is 9.15. The third-order valence-corrected chi connectivity index (χ3v) is 3.36. The highest BCUT2D eigenvalue weighted by atomic mass is 16.5. The second-order valence-corrected chi connectivity index (χ2v) is 4.83. The fourth-order valence-corrected chi connectivity index (χ4v) is 2.07. The lowest BCUT2D eigenvalue weighted by Crippen LogP contribution is -2.08. The van der Waals surface area contributed by atoms with E-state index in [2.05, 4.69) is 6.92 Å². The van der Waals surface area contributed by atoms with Gasteiger partial charge < -0.3 is 20.3 Å². The smallest absolute Gasteiger partial charge is 0.169 e. The molecule has 0 aliphatic rings. The zero-order chi connectivity index (χ0) is 15.2. The van der Waals surface area contributed by atoms with E-state index in [4.69, 9.17) is 20.3 Å². The van der Waals surface area contributed by atoms with Crippen molar-refractivity contribution in [1.82, 2.24) is 0 Å². The number of aliphatic hydroxyl groups excluding tert-OH is 1. The first-order chi connectivity index (χ1) is 10.2. The van der Waals surface area contributed by atoms with Crippen LogP contribution in [0.4, 0.5) is 0 Å². The van der Waals surface area contributed by atoms with Gasteiger partial charge in [0.05, 0.1) is 13.7 Å². The van der Waals surface area contributed by atoms with Gasteiger partial charge in [-0.3, -0.25) is 0 Å². The predicted molar refractivity (Wildman–Crippen MR) is 82.7 cm³/mol. The van der Waals surface area contributed by atoms with Gasteiger partial charge in [-0.1, -0.05) is 25.1 Å². The second-order valence-electron chi connectivity index (χ2n) is 4.83. The van der Waals surface area contributed by atoms with Crippen molar-refractivity contribution >= 4 is 0 Å². The zero-order valence-corrected chi connectivity index (χ0v) is 12.4. The molecule has 2 aromatic carbocycles. The van der Waals surface area contributed by atoms with E-state index >= 15 is 0 Å². The number of rotatable bonds is 6. The molecule has 0 radical (unpaired) electrons. The minimum atomic E-state index is -0.0303. The molecule has 21 heavy (non-hydrogen) atoms. The van der Waals surface area contributed by atoms with Crippen LogP contribution in [0.25, 0.3) is 0 Å². The van der Waals surface area contributed by atoms with Gasteiger partial charge >= 0.3 is 0 Å². The maximum Gasteiger partial charge on any atom is 0.169 e. The Balaban J connectivity index is 2.25. The van der Waals surface area contributed by atoms with E-state index in [0.717, 1.165) is 17.5 Å². The summed E-state index contributed by atoms with van der Waals surface area (Å²) in [5.74, 6) is 1.91. The van der Waals surface area contributed by atoms with Crippen molar-refractivity contribution in [2.24, 2.45) is 5.73 Å². The first-order valence-corrected chi connectivity index (χ1v) is 6.99. The highest BCUT2D eigenvalue weighted by Crippen LogP contribution is 2.33. The molecule has 0 saturated carbocycles. The van der Waals surface area contributed by atoms with Crippen LogP contribution in [0.2, 0.25) is 0 Å². The molecule has 2 rings (SSSR count).